The Morgan fingerprint density at radius 2 is 1.81 bits per heavy atom. The molecule has 1 aromatic carbocycles. The molecule has 1 aliphatic heterocycles. The average molecular weight is 402 g/mol. The minimum Gasteiger partial charge on any atom is -0.359 e. The summed E-state index contributed by atoms with van der Waals surface area (Å²) in [5.41, 5.74) is 2.78. The lowest BCUT2D eigenvalue weighted by molar-refractivity contribution is 0.220. The molecular weight excluding hydrogens is 375 g/mol. The van der Waals surface area contributed by atoms with E-state index in [1.165, 1.54) is 43.5 Å². The van der Waals surface area contributed by atoms with E-state index in [1.54, 1.807) is 7.05 Å². The van der Waals surface area contributed by atoms with Crippen molar-refractivity contribution in [2.45, 2.75) is 32.4 Å². The second-order valence-electron chi connectivity index (χ2n) is 5.28. The van der Waals surface area contributed by atoms with E-state index < -0.39 is 0 Å². The van der Waals surface area contributed by atoms with E-state index in [0.717, 1.165) is 19.0 Å². The van der Waals surface area contributed by atoms with Crippen LogP contribution < -0.4 is 10.6 Å². The lowest BCUT2D eigenvalue weighted by atomic mass is 10.0. The maximum absolute atomic E-state index is 4.15. The van der Waals surface area contributed by atoms with E-state index in [4.69, 9.17) is 0 Å². The fraction of sp³-hybridized carbons (Fsp3) is 0.562. The van der Waals surface area contributed by atoms with Crippen LogP contribution in [0, 0.1) is 0 Å². The van der Waals surface area contributed by atoms with Gasteiger partial charge in [-0.25, -0.2) is 0 Å². The maximum atomic E-state index is 4.15. The maximum Gasteiger partial charge on any atom is 0.190 e. The molecule has 2 rings (SSSR count). The number of nitrogens with zero attached hydrogens (tertiary/aromatic N) is 2. The van der Waals surface area contributed by atoms with E-state index in [-0.39, 0.29) is 24.0 Å². The lowest BCUT2D eigenvalue weighted by Gasteiger charge is -2.27. The van der Waals surface area contributed by atoms with E-state index >= 15 is 0 Å². The zero-order chi connectivity index (χ0) is 14.2. The summed E-state index contributed by atoms with van der Waals surface area (Å²) in [6, 6.07) is 8.69. The lowest BCUT2D eigenvalue weighted by Crippen LogP contribution is -2.34. The Labute approximate surface area is 145 Å². The molecule has 0 aromatic heterocycles. The van der Waals surface area contributed by atoms with Crippen LogP contribution in [0.2, 0.25) is 0 Å². The quantitative estimate of drug-likeness (QED) is 0.462. The second-order valence-corrected chi connectivity index (χ2v) is 5.28. The van der Waals surface area contributed by atoms with Crippen LogP contribution in [0.25, 0.3) is 0 Å². The number of aliphatic imine (C=N–C) groups is 1. The summed E-state index contributed by atoms with van der Waals surface area (Å²) in [4.78, 5) is 6.72. The van der Waals surface area contributed by atoms with Crippen molar-refractivity contribution in [3.05, 3.63) is 35.4 Å². The molecule has 0 saturated carbocycles. The number of likely N-dealkylation sites (tertiary alicyclic amines) is 1. The molecule has 1 fully saturated rings. The van der Waals surface area contributed by atoms with Gasteiger partial charge in [0.1, 0.15) is 0 Å². The molecule has 21 heavy (non-hydrogen) atoms. The second kappa shape index (κ2) is 10.00. The number of piperidine rings is 1. The highest BCUT2D eigenvalue weighted by Gasteiger charge is 2.12. The number of rotatable bonds is 4. The van der Waals surface area contributed by atoms with E-state index in [9.17, 15) is 0 Å². The third-order valence-electron chi connectivity index (χ3n) is 3.87. The Kier molecular flexibility index (Phi) is 8.68. The average Bonchev–Trinajstić information content (AvgIpc) is 2.51. The predicted octanol–water partition coefficient (Wildman–Crippen LogP) is 2.59. The number of nitrogens with one attached hydrogen (secondary N) is 2. The van der Waals surface area contributed by atoms with Crippen LogP contribution in [0.3, 0.4) is 0 Å². The van der Waals surface area contributed by atoms with Gasteiger partial charge in [-0.2, -0.15) is 0 Å². The van der Waals surface area contributed by atoms with Gasteiger partial charge >= 0.3 is 0 Å². The number of hydrogen-bond acceptors (Lipinski definition) is 2. The van der Waals surface area contributed by atoms with Gasteiger partial charge in [-0.05, 0) is 37.1 Å². The highest BCUT2D eigenvalue weighted by molar-refractivity contribution is 14.0. The molecular formula is C16H27IN4. The van der Waals surface area contributed by atoms with Crippen molar-refractivity contribution in [1.29, 1.82) is 0 Å². The molecule has 1 aromatic rings. The molecule has 0 aliphatic carbocycles. The first-order valence-corrected chi connectivity index (χ1v) is 7.51. The number of benzene rings is 1. The minimum absolute atomic E-state index is 0. The Balaban J connectivity index is 0.00000220. The van der Waals surface area contributed by atoms with Crippen LogP contribution in [-0.4, -0.2) is 38.0 Å². The van der Waals surface area contributed by atoms with Crippen molar-refractivity contribution >= 4 is 29.9 Å². The molecule has 2 N–H and O–H groups in total. The zero-order valence-electron chi connectivity index (χ0n) is 13.1. The Morgan fingerprint density at radius 3 is 2.43 bits per heavy atom. The summed E-state index contributed by atoms with van der Waals surface area (Å²) in [5, 5.41) is 6.38. The molecule has 0 unspecified atom stereocenters. The third-order valence-corrected chi connectivity index (χ3v) is 3.87. The Hall–Kier alpha value is -0.820. The zero-order valence-corrected chi connectivity index (χ0v) is 15.4. The molecule has 4 nitrogen and oxygen atoms in total. The third kappa shape index (κ3) is 5.82. The molecule has 5 heteroatoms. The summed E-state index contributed by atoms with van der Waals surface area (Å²) in [7, 11) is 3.67. The van der Waals surface area contributed by atoms with Crippen LogP contribution in [0.5, 0.6) is 0 Å². The first kappa shape index (κ1) is 18.2. The minimum atomic E-state index is 0. The molecule has 0 amide bonds. The van der Waals surface area contributed by atoms with Gasteiger partial charge in [0.2, 0.25) is 0 Å². The number of halogens is 1. The first-order valence-electron chi connectivity index (χ1n) is 7.51. The van der Waals surface area contributed by atoms with Crippen LogP contribution in [0.15, 0.2) is 29.3 Å². The monoisotopic (exact) mass is 402 g/mol. The summed E-state index contributed by atoms with van der Waals surface area (Å²) in [5.74, 6) is 0.831. The fourth-order valence-electron chi connectivity index (χ4n) is 2.70. The van der Waals surface area contributed by atoms with Crippen molar-refractivity contribution in [2.75, 3.05) is 27.2 Å². The summed E-state index contributed by atoms with van der Waals surface area (Å²) >= 11 is 0. The van der Waals surface area contributed by atoms with Gasteiger partial charge in [0, 0.05) is 27.2 Å². The molecule has 1 heterocycles. The van der Waals surface area contributed by atoms with Crippen LogP contribution >= 0.6 is 24.0 Å². The standard InChI is InChI=1S/C16H26N4.HI/c1-17-16(18-2)19-12-14-8-4-5-9-15(14)13-20-10-6-3-7-11-20;/h4-5,8-9H,3,6-7,10-13H2,1-2H3,(H2,17,18,19);1H. The van der Waals surface area contributed by atoms with Gasteiger partial charge in [0.25, 0.3) is 0 Å². The SMILES string of the molecule is CN=C(NC)NCc1ccccc1CN1CCCCC1.I. The van der Waals surface area contributed by atoms with Gasteiger partial charge < -0.3 is 10.6 Å². The molecule has 1 saturated heterocycles. The number of guanidine groups is 1. The van der Waals surface area contributed by atoms with E-state index in [0.29, 0.717) is 0 Å². The van der Waals surface area contributed by atoms with Crippen molar-refractivity contribution in [1.82, 2.24) is 15.5 Å². The van der Waals surface area contributed by atoms with Gasteiger partial charge in [-0.15, -0.1) is 24.0 Å². The smallest absolute Gasteiger partial charge is 0.190 e. The van der Waals surface area contributed by atoms with Crippen LogP contribution in [-0.2, 0) is 13.1 Å². The highest BCUT2D eigenvalue weighted by Crippen LogP contribution is 2.16. The first-order chi connectivity index (χ1) is 9.83. The molecule has 0 bridgehead atoms. The largest absolute Gasteiger partial charge is 0.359 e. The Bertz CT molecular complexity index is 442. The predicted molar refractivity (Wildman–Crippen MR) is 100 cm³/mol. The fourth-order valence-corrected chi connectivity index (χ4v) is 2.70. The van der Waals surface area contributed by atoms with Crippen molar-refractivity contribution in [2.24, 2.45) is 4.99 Å². The summed E-state index contributed by atoms with van der Waals surface area (Å²) in [6.07, 6.45) is 4.07. The van der Waals surface area contributed by atoms with Crippen LogP contribution in [0.1, 0.15) is 30.4 Å². The highest BCUT2D eigenvalue weighted by atomic mass is 127. The van der Waals surface area contributed by atoms with Gasteiger partial charge in [0.05, 0.1) is 0 Å². The normalized spacial score (nSPS) is 16.2. The van der Waals surface area contributed by atoms with Crippen molar-refractivity contribution in [3.63, 3.8) is 0 Å². The Morgan fingerprint density at radius 1 is 1.14 bits per heavy atom. The van der Waals surface area contributed by atoms with Crippen molar-refractivity contribution in [3.8, 4) is 0 Å². The molecule has 118 valence electrons. The summed E-state index contributed by atoms with van der Waals surface area (Å²) in [6.45, 7) is 4.35. The van der Waals surface area contributed by atoms with Gasteiger partial charge in [-0.3, -0.25) is 9.89 Å². The molecule has 1 aliphatic rings. The molecule has 0 radical (unpaired) electrons. The van der Waals surface area contributed by atoms with E-state index in [2.05, 4.69) is 44.8 Å². The van der Waals surface area contributed by atoms with Gasteiger partial charge in [0.15, 0.2) is 5.96 Å². The summed E-state index contributed by atoms with van der Waals surface area (Å²) < 4.78 is 0. The molecule has 0 atom stereocenters. The topological polar surface area (TPSA) is 39.7 Å². The molecule has 0 spiro atoms. The number of hydrogen-bond donors (Lipinski definition) is 2. The van der Waals surface area contributed by atoms with Gasteiger partial charge in [-0.1, -0.05) is 30.7 Å². The van der Waals surface area contributed by atoms with E-state index in [1.807, 2.05) is 7.05 Å². The van der Waals surface area contributed by atoms with Crippen molar-refractivity contribution < 1.29 is 0 Å². The van der Waals surface area contributed by atoms with Crippen LogP contribution in [0.4, 0.5) is 0 Å².